The summed E-state index contributed by atoms with van der Waals surface area (Å²) in [4.78, 5) is 12.0. The van der Waals surface area contributed by atoms with E-state index in [0.717, 1.165) is 18.7 Å². The normalized spacial score (nSPS) is 23.1. The molecule has 1 amide bonds. The van der Waals surface area contributed by atoms with Crippen LogP contribution in [0.1, 0.15) is 6.92 Å². The summed E-state index contributed by atoms with van der Waals surface area (Å²) >= 11 is 3.04. The lowest BCUT2D eigenvalue weighted by atomic mass is 9.97. The van der Waals surface area contributed by atoms with Gasteiger partial charge < -0.3 is 10.6 Å². The molecule has 1 aliphatic rings. The molecule has 2 rings (SSSR count). The fourth-order valence-electron chi connectivity index (χ4n) is 2.04. The van der Waals surface area contributed by atoms with Crippen molar-refractivity contribution in [3.63, 3.8) is 0 Å². The fourth-order valence-corrected chi connectivity index (χ4v) is 2.55. The van der Waals surface area contributed by atoms with Crippen molar-refractivity contribution in [2.24, 2.45) is 11.8 Å². The summed E-state index contributed by atoms with van der Waals surface area (Å²) in [5.41, 5.74) is -0.0134. The molecule has 2 N–H and O–H groups in total. The van der Waals surface area contributed by atoms with Gasteiger partial charge in [0.1, 0.15) is 5.82 Å². The van der Waals surface area contributed by atoms with Gasteiger partial charge in [0.15, 0.2) is 5.82 Å². The van der Waals surface area contributed by atoms with Gasteiger partial charge in [0.05, 0.1) is 11.6 Å². The molecule has 3 nitrogen and oxygen atoms in total. The Morgan fingerprint density at radius 1 is 1.44 bits per heavy atom. The molecule has 6 heteroatoms. The van der Waals surface area contributed by atoms with Crippen LogP contribution in [0.25, 0.3) is 0 Å². The third-order valence-corrected chi connectivity index (χ3v) is 3.73. The lowest BCUT2D eigenvalue weighted by molar-refractivity contribution is -0.120. The molecule has 0 aromatic heterocycles. The molecule has 0 bridgehead atoms. The molecule has 1 aromatic carbocycles. The Labute approximate surface area is 112 Å². The third kappa shape index (κ3) is 2.70. The summed E-state index contributed by atoms with van der Waals surface area (Å²) < 4.78 is 26.7. The maximum absolute atomic E-state index is 13.6. The van der Waals surface area contributed by atoms with E-state index >= 15 is 0 Å². The van der Waals surface area contributed by atoms with Gasteiger partial charge in [-0.15, -0.1) is 0 Å². The Morgan fingerprint density at radius 2 is 2.17 bits per heavy atom. The van der Waals surface area contributed by atoms with Crippen LogP contribution in [0.2, 0.25) is 0 Å². The molecule has 0 aliphatic carbocycles. The summed E-state index contributed by atoms with van der Waals surface area (Å²) in [6, 6.07) is 1.87. The zero-order chi connectivity index (χ0) is 13.3. The number of amides is 1. The molecule has 1 fully saturated rings. The Hall–Kier alpha value is -1.01. The number of benzene rings is 1. The van der Waals surface area contributed by atoms with E-state index in [1.807, 2.05) is 6.92 Å². The van der Waals surface area contributed by atoms with Crippen LogP contribution in [0.5, 0.6) is 0 Å². The number of rotatable bonds is 2. The third-order valence-electron chi connectivity index (χ3n) is 3.11. The van der Waals surface area contributed by atoms with Gasteiger partial charge in [-0.2, -0.15) is 0 Å². The van der Waals surface area contributed by atoms with Crippen LogP contribution in [-0.4, -0.2) is 19.0 Å². The predicted molar refractivity (Wildman–Crippen MR) is 68.2 cm³/mol. The van der Waals surface area contributed by atoms with E-state index in [4.69, 9.17) is 0 Å². The van der Waals surface area contributed by atoms with Crippen molar-refractivity contribution >= 4 is 27.5 Å². The second-order valence-corrected chi connectivity index (χ2v) is 5.33. The maximum Gasteiger partial charge on any atom is 0.229 e. The second kappa shape index (κ2) is 5.32. The average Bonchev–Trinajstić information content (AvgIpc) is 2.69. The molecule has 0 saturated carbocycles. The lowest BCUT2D eigenvalue weighted by Crippen LogP contribution is -2.28. The second-order valence-electron chi connectivity index (χ2n) is 4.48. The molecule has 0 unspecified atom stereocenters. The summed E-state index contributed by atoms with van der Waals surface area (Å²) in [6.45, 7) is 3.30. The molecule has 1 heterocycles. The van der Waals surface area contributed by atoms with Crippen LogP contribution in [0.4, 0.5) is 14.5 Å². The number of hydrogen-bond donors (Lipinski definition) is 2. The monoisotopic (exact) mass is 318 g/mol. The van der Waals surface area contributed by atoms with E-state index in [9.17, 15) is 13.6 Å². The van der Waals surface area contributed by atoms with Gasteiger partial charge in [-0.1, -0.05) is 6.92 Å². The van der Waals surface area contributed by atoms with Gasteiger partial charge in [-0.25, -0.2) is 8.78 Å². The van der Waals surface area contributed by atoms with Crippen molar-refractivity contribution in [3.05, 3.63) is 28.2 Å². The van der Waals surface area contributed by atoms with Gasteiger partial charge in [0, 0.05) is 17.1 Å². The molecule has 1 saturated heterocycles. The van der Waals surface area contributed by atoms with Gasteiger partial charge in [-0.05, 0) is 34.5 Å². The minimum absolute atomic E-state index is 0.0134. The van der Waals surface area contributed by atoms with E-state index in [2.05, 4.69) is 26.6 Å². The van der Waals surface area contributed by atoms with Gasteiger partial charge >= 0.3 is 0 Å². The molecule has 18 heavy (non-hydrogen) atoms. The Morgan fingerprint density at radius 3 is 2.72 bits per heavy atom. The molecular weight excluding hydrogens is 306 g/mol. The molecular formula is C12H13BrF2N2O. The summed E-state index contributed by atoms with van der Waals surface area (Å²) in [7, 11) is 0. The van der Waals surface area contributed by atoms with Crippen LogP contribution in [0.3, 0.4) is 0 Å². The minimum Gasteiger partial charge on any atom is -0.322 e. The van der Waals surface area contributed by atoms with Gasteiger partial charge in [0.25, 0.3) is 0 Å². The Kier molecular flexibility index (Phi) is 3.97. The Bertz CT molecular complexity index is 458. The van der Waals surface area contributed by atoms with Crippen molar-refractivity contribution < 1.29 is 13.6 Å². The number of nitrogens with one attached hydrogen (secondary N) is 2. The van der Waals surface area contributed by atoms with E-state index in [-0.39, 0.29) is 27.9 Å². The van der Waals surface area contributed by atoms with Crippen LogP contribution >= 0.6 is 15.9 Å². The highest BCUT2D eigenvalue weighted by Crippen LogP contribution is 2.28. The van der Waals surface area contributed by atoms with Crippen LogP contribution in [-0.2, 0) is 4.79 Å². The van der Waals surface area contributed by atoms with Crippen molar-refractivity contribution in [2.45, 2.75) is 6.92 Å². The topological polar surface area (TPSA) is 41.1 Å². The quantitative estimate of drug-likeness (QED) is 0.879. The minimum atomic E-state index is -0.783. The molecule has 2 atom stereocenters. The highest BCUT2D eigenvalue weighted by molar-refractivity contribution is 9.10. The Balaban J connectivity index is 2.17. The van der Waals surface area contributed by atoms with Crippen molar-refractivity contribution in [1.82, 2.24) is 5.32 Å². The largest absolute Gasteiger partial charge is 0.322 e. The molecule has 0 radical (unpaired) electrons. The van der Waals surface area contributed by atoms with Crippen molar-refractivity contribution in [2.75, 3.05) is 18.4 Å². The van der Waals surface area contributed by atoms with Crippen LogP contribution in [0, 0.1) is 23.5 Å². The number of anilines is 1. The van der Waals surface area contributed by atoms with Gasteiger partial charge in [-0.3, -0.25) is 4.79 Å². The molecule has 1 aromatic rings. The summed E-state index contributed by atoms with van der Waals surface area (Å²) in [5.74, 6) is -1.71. The lowest BCUT2D eigenvalue weighted by Gasteiger charge is -2.15. The zero-order valence-electron chi connectivity index (χ0n) is 9.77. The SMILES string of the molecule is C[C@@H]1CNC[C@H]1C(=O)Nc1c(F)cc(F)cc1Br. The summed E-state index contributed by atoms with van der Waals surface area (Å²) in [6.07, 6.45) is 0. The van der Waals surface area contributed by atoms with E-state index in [1.54, 1.807) is 0 Å². The van der Waals surface area contributed by atoms with Crippen molar-refractivity contribution in [1.29, 1.82) is 0 Å². The molecule has 0 spiro atoms. The average molecular weight is 319 g/mol. The fraction of sp³-hybridized carbons (Fsp3) is 0.417. The van der Waals surface area contributed by atoms with Gasteiger partial charge in [0.2, 0.25) is 5.91 Å². The maximum atomic E-state index is 13.6. The van der Waals surface area contributed by atoms with Crippen LogP contribution < -0.4 is 10.6 Å². The number of carbonyl (C=O) groups is 1. The van der Waals surface area contributed by atoms with Crippen LogP contribution in [0.15, 0.2) is 16.6 Å². The predicted octanol–water partition coefficient (Wildman–Crippen LogP) is 2.52. The molecule has 1 aliphatic heterocycles. The highest BCUT2D eigenvalue weighted by Gasteiger charge is 2.30. The molecule has 98 valence electrons. The highest BCUT2D eigenvalue weighted by atomic mass is 79.9. The zero-order valence-corrected chi connectivity index (χ0v) is 11.4. The number of halogens is 3. The first-order chi connectivity index (χ1) is 8.49. The smallest absolute Gasteiger partial charge is 0.229 e. The van der Waals surface area contributed by atoms with E-state index in [0.29, 0.717) is 6.54 Å². The first kappa shape index (κ1) is 13.4. The number of carbonyl (C=O) groups excluding carboxylic acids is 1. The standard InChI is InChI=1S/C12H13BrF2N2O/c1-6-4-16-5-8(6)12(18)17-11-9(13)2-7(14)3-10(11)15/h2-3,6,8,16H,4-5H2,1H3,(H,17,18)/t6-,8-/m1/s1. The van der Waals surface area contributed by atoms with Crippen molar-refractivity contribution in [3.8, 4) is 0 Å². The number of hydrogen-bond acceptors (Lipinski definition) is 2. The van der Waals surface area contributed by atoms with E-state index < -0.39 is 11.6 Å². The van der Waals surface area contributed by atoms with E-state index in [1.165, 1.54) is 0 Å². The summed E-state index contributed by atoms with van der Waals surface area (Å²) in [5, 5.41) is 5.61. The first-order valence-electron chi connectivity index (χ1n) is 5.65. The first-order valence-corrected chi connectivity index (χ1v) is 6.44.